The van der Waals surface area contributed by atoms with Crippen LogP contribution in [0.25, 0.3) is 0 Å². The molecule has 8 heteroatoms. The van der Waals surface area contributed by atoms with E-state index in [0.29, 0.717) is 0 Å². The van der Waals surface area contributed by atoms with Crippen molar-refractivity contribution in [1.29, 1.82) is 0 Å². The normalized spacial score (nSPS) is 13.5. The summed E-state index contributed by atoms with van der Waals surface area (Å²) < 4.78 is 0. The second-order valence-corrected chi connectivity index (χ2v) is 5.79. The van der Waals surface area contributed by atoms with E-state index in [-0.39, 0.29) is 0 Å². The third-order valence-corrected chi connectivity index (χ3v) is 3.63. The van der Waals surface area contributed by atoms with E-state index in [2.05, 4.69) is 9.97 Å². The van der Waals surface area contributed by atoms with Crippen LogP contribution in [0.4, 0.5) is 0 Å². The number of halogens is 2. The highest BCUT2D eigenvalue weighted by Crippen LogP contribution is 2.23. The summed E-state index contributed by atoms with van der Waals surface area (Å²) in [6.45, 7) is 4.06. The predicted octanol–water partition coefficient (Wildman–Crippen LogP) is 0.378. The highest BCUT2D eigenvalue weighted by atomic mass is 35.5. The number of nitrogens with one attached hydrogen (secondary N) is 2. The maximum absolute atomic E-state index is 10.7. The Kier molecular flexibility index (Phi) is 8.48. The van der Waals surface area contributed by atoms with Crippen molar-refractivity contribution in [2.45, 2.75) is 13.8 Å². The quantitative estimate of drug-likeness (QED) is 0.601. The summed E-state index contributed by atoms with van der Waals surface area (Å²) in [5.74, 6) is -4.92. The lowest BCUT2D eigenvalue weighted by Gasteiger charge is -2.23. The third-order valence-electron chi connectivity index (χ3n) is 2.94. The van der Waals surface area contributed by atoms with Crippen LogP contribution in [-0.2, 0) is 9.59 Å². The van der Waals surface area contributed by atoms with E-state index in [0.717, 1.165) is 0 Å². The molecule has 0 amide bonds. The number of aromatic amines is 2. The first-order chi connectivity index (χ1) is 12.3. The zero-order valence-corrected chi connectivity index (χ0v) is 15.5. The van der Waals surface area contributed by atoms with Crippen molar-refractivity contribution in [2.24, 2.45) is 0 Å². The van der Waals surface area contributed by atoms with Gasteiger partial charge in [-0.05, 0) is 11.5 Å². The van der Waals surface area contributed by atoms with E-state index in [1.165, 1.54) is 11.4 Å². The lowest BCUT2D eigenvalue weighted by Crippen LogP contribution is -2.31. The van der Waals surface area contributed by atoms with Gasteiger partial charge in [-0.15, -0.1) is 0 Å². The molecular formula is C18H16Cl2N2O4. The molecule has 26 heavy (non-hydrogen) atoms. The number of carbonyl (C=O) groups is 2. The molecule has 1 aliphatic rings. The molecular weight excluding hydrogens is 379 g/mol. The van der Waals surface area contributed by atoms with Crippen LogP contribution in [0.15, 0.2) is 70.4 Å². The molecule has 0 aliphatic heterocycles. The van der Waals surface area contributed by atoms with Crippen molar-refractivity contribution >= 4 is 34.8 Å². The monoisotopic (exact) mass is 394 g/mol. The van der Waals surface area contributed by atoms with Crippen molar-refractivity contribution in [2.75, 3.05) is 0 Å². The smallest absolute Gasteiger partial charge is 0.190 e. The van der Waals surface area contributed by atoms with E-state index >= 15 is 0 Å². The van der Waals surface area contributed by atoms with Gasteiger partial charge in [0, 0.05) is 38.1 Å². The SMILES string of the molecule is Cc1cccc[nH+]1.Cc1cccc[nH+]1.O=C1C([O-])=C(Cl)C(=O)C([O-])=C1Cl. The fourth-order valence-electron chi connectivity index (χ4n) is 1.57. The zero-order valence-electron chi connectivity index (χ0n) is 14.0. The Bertz CT molecular complexity index is 735. The van der Waals surface area contributed by atoms with E-state index in [1.807, 2.05) is 62.6 Å². The summed E-state index contributed by atoms with van der Waals surface area (Å²) in [6.07, 6.45) is 3.82. The van der Waals surface area contributed by atoms with Crippen LogP contribution in [0.3, 0.4) is 0 Å². The Morgan fingerprint density at radius 3 is 1.27 bits per heavy atom. The Morgan fingerprint density at radius 1 is 0.731 bits per heavy atom. The molecule has 0 aromatic carbocycles. The summed E-state index contributed by atoms with van der Waals surface area (Å²) in [6, 6.07) is 12.0. The highest BCUT2D eigenvalue weighted by Gasteiger charge is 2.22. The molecule has 2 aromatic rings. The first kappa shape index (κ1) is 21.3. The maximum Gasteiger partial charge on any atom is 0.190 e. The molecule has 0 atom stereocenters. The average molecular weight is 395 g/mol. The molecule has 6 nitrogen and oxygen atoms in total. The van der Waals surface area contributed by atoms with E-state index in [1.54, 1.807) is 0 Å². The first-order valence-electron chi connectivity index (χ1n) is 7.35. The van der Waals surface area contributed by atoms with Crippen molar-refractivity contribution in [3.8, 4) is 0 Å². The van der Waals surface area contributed by atoms with Gasteiger partial charge in [-0.3, -0.25) is 9.59 Å². The number of pyridine rings is 2. The average Bonchev–Trinajstić information content (AvgIpc) is 2.65. The third kappa shape index (κ3) is 6.31. The lowest BCUT2D eigenvalue weighted by atomic mass is 10.1. The van der Waals surface area contributed by atoms with Gasteiger partial charge in [0.1, 0.15) is 0 Å². The topological polar surface area (TPSA) is 109 Å². The molecule has 2 aromatic heterocycles. The molecule has 0 fully saturated rings. The molecule has 3 rings (SSSR count). The Morgan fingerprint density at radius 2 is 1.08 bits per heavy atom. The van der Waals surface area contributed by atoms with Gasteiger partial charge in [0.15, 0.2) is 35.3 Å². The van der Waals surface area contributed by atoms with E-state index < -0.39 is 33.1 Å². The van der Waals surface area contributed by atoms with Gasteiger partial charge in [0.25, 0.3) is 0 Å². The summed E-state index contributed by atoms with van der Waals surface area (Å²) in [5, 5.41) is 19.6. The molecule has 0 unspecified atom stereocenters. The zero-order chi connectivity index (χ0) is 19.7. The van der Waals surface area contributed by atoms with Gasteiger partial charge in [-0.25, -0.2) is 9.97 Å². The van der Waals surface area contributed by atoms with Crippen molar-refractivity contribution in [3.63, 3.8) is 0 Å². The van der Waals surface area contributed by atoms with Gasteiger partial charge in [0.2, 0.25) is 0 Å². The molecule has 2 heterocycles. The van der Waals surface area contributed by atoms with Crippen molar-refractivity contribution in [1.82, 2.24) is 0 Å². The van der Waals surface area contributed by atoms with Gasteiger partial charge in [-0.1, -0.05) is 35.3 Å². The Labute approximate surface area is 160 Å². The van der Waals surface area contributed by atoms with Gasteiger partial charge >= 0.3 is 0 Å². The molecule has 1 aliphatic carbocycles. The van der Waals surface area contributed by atoms with Gasteiger partial charge in [0.05, 0.1) is 10.1 Å². The first-order valence-corrected chi connectivity index (χ1v) is 8.11. The number of allylic oxidation sites excluding steroid dienone is 2. The summed E-state index contributed by atoms with van der Waals surface area (Å²) >= 11 is 10.2. The predicted molar refractivity (Wildman–Crippen MR) is 91.2 cm³/mol. The number of rotatable bonds is 0. The summed E-state index contributed by atoms with van der Waals surface area (Å²) in [5.41, 5.74) is 2.39. The number of aryl methyl sites for hydroxylation is 2. The van der Waals surface area contributed by atoms with Gasteiger partial charge in [-0.2, -0.15) is 0 Å². The van der Waals surface area contributed by atoms with Crippen LogP contribution in [0.1, 0.15) is 11.4 Å². The molecule has 0 bridgehead atoms. The number of carbonyl (C=O) groups excluding carboxylic acids is 2. The number of hydrogen-bond acceptors (Lipinski definition) is 4. The molecule has 0 saturated heterocycles. The second-order valence-electron chi connectivity index (χ2n) is 5.04. The Balaban J connectivity index is 0.000000207. The molecule has 0 saturated carbocycles. The van der Waals surface area contributed by atoms with E-state index in [4.69, 9.17) is 23.2 Å². The van der Waals surface area contributed by atoms with Crippen LogP contribution < -0.4 is 20.2 Å². The van der Waals surface area contributed by atoms with Crippen LogP contribution in [0.5, 0.6) is 0 Å². The number of H-pyrrole nitrogens is 2. The number of hydrogen-bond donors (Lipinski definition) is 0. The number of aromatic nitrogens is 2. The summed E-state index contributed by atoms with van der Waals surface area (Å²) in [4.78, 5) is 27.5. The second kappa shape index (κ2) is 10.3. The molecule has 136 valence electrons. The van der Waals surface area contributed by atoms with E-state index in [9.17, 15) is 19.8 Å². The Hall–Kier alpha value is -2.70. The van der Waals surface area contributed by atoms with Crippen molar-refractivity contribution in [3.05, 3.63) is 81.8 Å². The summed E-state index contributed by atoms with van der Waals surface area (Å²) in [7, 11) is 0. The standard InChI is InChI=1S/C6H2Cl2O4.2C6H7N/c7-1-3(9)5(11)2(8)6(12)4(1)10;2*1-6-4-2-3-5-7-6/h9,12H;2*2-5H,1H3. The van der Waals surface area contributed by atoms with Crippen LogP contribution >= 0.6 is 23.2 Å². The molecule has 2 N–H and O–H groups in total. The minimum Gasteiger partial charge on any atom is -0.869 e. The molecule has 0 spiro atoms. The van der Waals surface area contributed by atoms with Gasteiger partial charge < -0.3 is 10.2 Å². The van der Waals surface area contributed by atoms with Crippen LogP contribution in [0.2, 0.25) is 0 Å². The minimum atomic E-state index is -1.23. The fourth-order valence-corrected chi connectivity index (χ4v) is 1.91. The molecule has 0 radical (unpaired) electrons. The van der Waals surface area contributed by atoms with Crippen LogP contribution in [0, 0.1) is 13.8 Å². The van der Waals surface area contributed by atoms with Crippen LogP contribution in [-0.4, -0.2) is 11.6 Å². The number of ketones is 2. The fraction of sp³-hybridized carbons (Fsp3) is 0.111. The van der Waals surface area contributed by atoms with Crippen molar-refractivity contribution < 1.29 is 29.8 Å². The highest BCUT2D eigenvalue weighted by molar-refractivity contribution is 6.55. The minimum absolute atomic E-state index is 0.894. The maximum atomic E-state index is 10.7. The lowest BCUT2D eigenvalue weighted by molar-refractivity contribution is -0.387. The largest absolute Gasteiger partial charge is 0.869 e. The number of Topliss-reactive ketones (excluding diaryl/α,β-unsaturated/α-hetero) is 2.